The van der Waals surface area contributed by atoms with Crippen molar-refractivity contribution < 1.29 is 42.9 Å². The van der Waals surface area contributed by atoms with E-state index in [0.29, 0.717) is 23.9 Å². The van der Waals surface area contributed by atoms with E-state index in [-0.39, 0.29) is 32.2 Å². The number of hydrogen-bond donors (Lipinski definition) is 0. The van der Waals surface area contributed by atoms with E-state index in [2.05, 4.69) is 62.5 Å². The summed E-state index contributed by atoms with van der Waals surface area (Å²) in [6.07, 6.45) is 74.7. The van der Waals surface area contributed by atoms with Crippen molar-refractivity contribution in [3.8, 4) is 0 Å². The largest absolute Gasteiger partial charge is 0.545 e. The van der Waals surface area contributed by atoms with E-state index in [1.165, 1.54) is 244 Å². The zero-order valence-electron chi connectivity index (χ0n) is 52.8. The number of carboxylic acids is 1. The SMILES string of the molecule is CCCCCCC/C=C\C/C=C\CCCCCCCCCCCCCCCCCCCCCC(=O)OC(COC(=O)CCCCCCCCCCCCC/C=C\C/C=C\CCCCCCC)COC(OCC[N+](C)(C)C)C(=O)[O-]. The summed E-state index contributed by atoms with van der Waals surface area (Å²) in [5, 5.41) is 11.8. The fourth-order valence-corrected chi connectivity index (χ4v) is 9.84. The molecule has 9 heteroatoms. The first kappa shape index (κ1) is 76.2. The van der Waals surface area contributed by atoms with Crippen LogP contribution in [0.2, 0.25) is 0 Å². The molecule has 0 aromatic carbocycles. The molecule has 0 fully saturated rings. The minimum atomic E-state index is -1.62. The van der Waals surface area contributed by atoms with Gasteiger partial charge in [-0.2, -0.15) is 0 Å². The molecule has 0 radical (unpaired) electrons. The van der Waals surface area contributed by atoms with Gasteiger partial charge in [0.25, 0.3) is 0 Å². The highest BCUT2D eigenvalue weighted by Gasteiger charge is 2.22. The van der Waals surface area contributed by atoms with Crippen LogP contribution in [0.3, 0.4) is 0 Å². The Morgan fingerprint density at radius 2 is 0.684 bits per heavy atom. The van der Waals surface area contributed by atoms with Gasteiger partial charge in [0.15, 0.2) is 12.4 Å². The van der Waals surface area contributed by atoms with Crippen LogP contribution in [-0.2, 0) is 33.3 Å². The number of carboxylic acid groups (broad SMARTS) is 1. The Morgan fingerprint density at radius 3 is 1.00 bits per heavy atom. The van der Waals surface area contributed by atoms with Crippen molar-refractivity contribution >= 4 is 17.9 Å². The van der Waals surface area contributed by atoms with Gasteiger partial charge in [0.1, 0.15) is 13.2 Å². The van der Waals surface area contributed by atoms with E-state index in [0.717, 1.165) is 44.9 Å². The number of rotatable bonds is 63. The number of nitrogens with zero attached hydrogens (tertiary/aromatic N) is 1. The second-order valence-electron chi connectivity index (χ2n) is 24.1. The summed E-state index contributed by atoms with van der Waals surface area (Å²) in [4.78, 5) is 37.4. The molecular weight excluding hydrogens is 983 g/mol. The van der Waals surface area contributed by atoms with Crippen LogP contribution in [0.25, 0.3) is 0 Å². The average molecular weight is 1110 g/mol. The maximum atomic E-state index is 12.9. The number of unbranched alkanes of at least 4 members (excludes halogenated alkanes) is 40. The van der Waals surface area contributed by atoms with Gasteiger partial charge in [0, 0.05) is 12.8 Å². The van der Waals surface area contributed by atoms with Crippen LogP contribution in [0.15, 0.2) is 48.6 Å². The Labute approximate surface area is 489 Å². The van der Waals surface area contributed by atoms with Crippen molar-refractivity contribution in [2.45, 2.75) is 334 Å². The predicted molar refractivity (Wildman–Crippen MR) is 334 cm³/mol. The molecule has 0 aliphatic carbocycles. The van der Waals surface area contributed by atoms with Gasteiger partial charge in [-0.15, -0.1) is 0 Å². The predicted octanol–water partition coefficient (Wildman–Crippen LogP) is 19.2. The normalized spacial score (nSPS) is 13.0. The average Bonchev–Trinajstić information content (AvgIpc) is 3.42. The first-order chi connectivity index (χ1) is 38.6. The minimum Gasteiger partial charge on any atom is -0.545 e. The highest BCUT2D eigenvalue weighted by Crippen LogP contribution is 2.18. The number of ether oxygens (including phenoxy) is 4. The van der Waals surface area contributed by atoms with Gasteiger partial charge in [-0.1, -0.05) is 281 Å². The number of carbonyl (C=O) groups excluding carboxylic acids is 3. The lowest BCUT2D eigenvalue weighted by Gasteiger charge is -2.26. The van der Waals surface area contributed by atoms with E-state index in [1.54, 1.807) is 0 Å². The Balaban J connectivity index is 4.10. The minimum absolute atomic E-state index is 0.148. The molecule has 0 saturated heterocycles. The molecule has 79 heavy (non-hydrogen) atoms. The van der Waals surface area contributed by atoms with Gasteiger partial charge in [0.2, 0.25) is 0 Å². The molecule has 462 valence electrons. The van der Waals surface area contributed by atoms with Gasteiger partial charge in [0.05, 0.1) is 40.3 Å². The molecule has 0 rings (SSSR count). The molecule has 0 aromatic heterocycles. The number of allylic oxidation sites excluding steroid dienone is 8. The molecule has 0 spiro atoms. The summed E-state index contributed by atoms with van der Waals surface area (Å²) in [5.74, 6) is -2.27. The van der Waals surface area contributed by atoms with Gasteiger partial charge < -0.3 is 33.3 Å². The molecule has 0 N–H and O–H groups in total. The second-order valence-corrected chi connectivity index (χ2v) is 24.1. The summed E-state index contributed by atoms with van der Waals surface area (Å²) in [7, 11) is 5.94. The fraction of sp³-hybridized carbons (Fsp3) is 0.843. The van der Waals surface area contributed by atoms with Crippen LogP contribution in [0, 0.1) is 0 Å². The zero-order valence-corrected chi connectivity index (χ0v) is 52.8. The lowest BCUT2D eigenvalue weighted by atomic mass is 10.0. The van der Waals surface area contributed by atoms with E-state index >= 15 is 0 Å². The molecule has 2 unspecified atom stereocenters. The molecule has 0 heterocycles. The molecular formula is C70H129NO8. The lowest BCUT2D eigenvalue weighted by molar-refractivity contribution is -0.870. The number of aliphatic carboxylic acids is 1. The van der Waals surface area contributed by atoms with Crippen LogP contribution < -0.4 is 5.11 Å². The van der Waals surface area contributed by atoms with Gasteiger partial charge >= 0.3 is 11.9 Å². The molecule has 0 saturated carbocycles. The van der Waals surface area contributed by atoms with Gasteiger partial charge in [-0.3, -0.25) is 9.59 Å². The van der Waals surface area contributed by atoms with Crippen molar-refractivity contribution in [1.82, 2.24) is 0 Å². The summed E-state index contributed by atoms with van der Waals surface area (Å²) in [6, 6.07) is 0. The number of quaternary nitrogens is 1. The number of esters is 2. The summed E-state index contributed by atoms with van der Waals surface area (Å²) in [5.41, 5.74) is 0. The Morgan fingerprint density at radius 1 is 0.380 bits per heavy atom. The van der Waals surface area contributed by atoms with Crippen LogP contribution in [-0.4, -0.2) is 82.3 Å². The van der Waals surface area contributed by atoms with Crippen LogP contribution in [0.4, 0.5) is 0 Å². The van der Waals surface area contributed by atoms with E-state index in [4.69, 9.17) is 18.9 Å². The van der Waals surface area contributed by atoms with Crippen molar-refractivity contribution in [1.29, 1.82) is 0 Å². The molecule has 0 bridgehead atoms. The molecule has 0 aliphatic heterocycles. The highest BCUT2D eigenvalue weighted by atomic mass is 16.7. The van der Waals surface area contributed by atoms with Crippen LogP contribution in [0.5, 0.6) is 0 Å². The summed E-state index contributed by atoms with van der Waals surface area (Å²) >= 11 is 0. The Hall–Kier alpha value is -2.75. The monoisotopic (exact) mass is 1110 g/mol. The smallest absolute Gasteiger partial charge is 0.306 e. The summed E-state index contributed by atoms with van der Waals surface area (Å²) < 4.78 is 22.8. The maximum Gasteiger partial charge on any atom is 0.306 e. The van der Waals surface area contributed by atoms with Crippen molar-refractivity contribution in [3.05, 3.63) is 48.6 Å². The van der Waals surface area contributed by atoms with Crippen molar-refractivity contribution in [2.24, 2.45) is 0 Å². The number of likely N-dealkylation sites (N-methyl/N-ethyl adjacent to an activating group) is 1. The standard InChI is InChI=1S/C70H129NO8/c1-6-8-10-12-14-16-18-20-22-24-26-28-30-31-32-33-34-35-36-37-39-41-43-45-47-49-51-53-55-57-59-61-68(73)79-66(65-78-70(69(74)75)76-63-62-71(3,4)5)64-77-67(72)60-58-56-54-52-50-48-46-44-42-40-38-29-27-25-23-21-19-17-15-13-11-9-7-2/h18-21,24-27,66,70H,6-17,22-23,28-65H2,1-5H3/b20-18-,21-19-,26-24-,27-25-. The van der Waals surface area contributed by atoms with Crippen molar-refractivity contribution in [3.63, 3.8) is 0 Å². The quantitative estimate of drug-likeness (QED) is 0.0195. The van der Waals surface area contributed by atoms with Crippen LogP contribution in [0.1, 0.15) is 322 Å². The third kappa shape index (κ3) is 62.7. The zero-order chi connectivity index (χ0) is 57.6. The fourth-order valence-electron chi connectivity index (χ4n) is 9.84. The Kier molecular flexibility index (Phi) is 59.2. The van der Waals surface area contributed by atoms with E-state index in [1.807, 2.05) is 21.1 Å². The van der Waals surface area contributed by atoms with Crippen molar-refractivity contribution in [2.75, 3.05) is 47.5 Å². The second kappa shape index (κ2) is 61.3. The van der Waals surface area contributed by atoms with Gasteiger partial charge in [-0.05, 0) is 77.0 Å². The number of hydrogen-bond acceptors (Lipinski definition) is 8. The first-order valence-corrected chi connectivity index (χ1v) is 33.8. The molecule has 0 aliphatic rings. The lowest BCUT2D eigenvalue weighted by Crippen LogP contribution is -2.44. The van der Waals surface area contributed by atoms with E-state index < -0.39 is 24.3 Å². The topological polar surface area (TPSA) is 111 Å². The molecule has 0 amide bonds. The number of carbonyl (C=O) groups is 3. The highest BCUT2D eigenvalue weighted by molar-refractivity contribution is 5.70. The van der Waals surface area contributed by atoms with Crippen LogP contribution >= 0.6 is 0 Å². The maximum absolute atomic E-state index is 12.9. The third-order valence-corrected chi connectivity index (χ3v) is 15.0. The summed E-state index contributed by atoms with van der Waals surface area (Å²) in [6.45, 7) is 4.77. The molecule has 2 atom stereocenters. The third-order valence-electron chi connectivity index (χ3n) is 15.0. The van der Waals surface area contributed by atoms with Gasteiger partial charge in [-0.25, -0.2) is 0 Å². The molecule has 0 aromatic rings. The molecule has 9 nitrogen and oxygen atoms in total. The first-order valence-electron chi connectivity index (χ1n) is 33.8. The van der Waals surface area contributed by atoms with E-state index in [9.17, 15) is 19.5 Å². The Bertz CT molecular complexity index is 1430.